The molecule has 0 bridgehead atoms. The molecular weight excluding hydrogens is 190 g/mol. The van der Waals surface area contributed by atoms with Crippen LogP contribution in [-0.2, 0) is 9.53 Å². The van der Waals surface area contributed by atoms with Gasteiger partial charge in [0.05, 0.1) is 6.61 Å². The van der Waals surface area contributed by atoms with Crippen molar-refractivity contribution < 1.29 is 9.53 Å². The molecule has 86 valence electrons. The van der Waals surface area contributed by atoms with Crippen molar-refractivity contribution >= 4 is 5.97 Å². The quantitative estimate of drug-likeness (QED) is 0.708. The Bertz CT molecular complexity index is 216. The van der Waals surface area contributed by atoms with Crippen LogP contribution in [0.15, 0.2) is 0 Å². The van der Waals surface area contributed by atoms with E-state index in [1.807, 2.05) is 6.92 Å². The van der Waals surface area contributed by atoms with E-state index in [0.29, 0.717) is 18.6 Å². The molecule has 0 radical (unpaired) electrons. The maximum Gasteiger partial charge on any atom is 0.323 e. The van der Waals surface area contributed by atoms with Crippen molar-refractivity contribution in [1.29, 1.82) is 0 Å². The SMILES string of the molecule is CCOC(=O)C1C[C@H]2CCCCC[C@H]2N1. The van der Waals surface area contributed by atoms with Crippen LogP contribution in [0.1, 0.15) is 45.4 Å². The van der Waals surface area contributed by atoms with E-state index in [1.165, 1.54) is 32.1 Å². The molecule has 3 heteroatoms. The summed E-state index contributed by atoms with van der Waals surface area (Å²) in [5.74, 6) is 0.660. The number of fused-ring (bicyclic) bond motifs is 1. The Kier molecular flexibility index (Phi) is 3.62. The van der Waals surface area contributed by atoms with Crippen molar-refractivity contribution in [3.05, 3.63) is 0 Å². The zero-order valence-corrected chi connectivity index (χ0v) is 9.50. The Hall–Kier alpha value is -0.570. The average Bonchev–Trinajstić information content (AvgIpc) is 2.51. The number of ether oxygens (including phenoxy) is 1. The molecule has 0 aromatic heterocycles. The minimum absolute atomic E-state index is 0.0296. The van der Waals surface area contributed by atoms with Crippen molar-refractivity contribution in [3.63, 3.8) is 0 Å². The van der Waals surface area contributed by atoms with Crippen molar-refractivity contribution in [2.24, 2.45) is 5.92 Å². The molecule has 1 saturated carbocycles. The lowest BCUT2D eigenvalue weighted by Crippen LogP contribution is -2.37. The number of carbonyl (C=O) groups excluding carboxylic acids is 1. The van der Waals surface area contributed by atoms with Gasteiger partial charge in [0.15, 0.2) is 0 Å². The fraction of sp³-hybridized carbons (Fsp3) is 0.917. The predicted molar refractivity (Wildman–Crippen MR) is 58.5 cm³/mol. The van der Waals surface area contributed by atoms with Gasteiger partial charge >= 0.3 is 5.97 Å². The average molecular weight is 211 g/mol. The van der Waals surface area contributed by atoms with Crippen molar-refractivity contribution in [2.75, 3.05) is 6.61 Å². The Morgan fingerprint density at radius 1 is 1.33 bits per heavy atom. The van der Waals surface area contributed by atoms with Crippen LogP contribution in [0.4, 0.5) is 0 Å². The van der Waals surface area contributed by atoms with Crippen molar-refractivity contribution in [2.45, 2.75) is 57.5 Å². The van der Waals surface area contributed by atoms with Gasteiger partial charge in [0, 0.05) is 6.04 Å². The number of hydrogen-bond donors (Lipinski definition) is 1. The summed E-state index contributed by atoms with van der Waals surface area (Å²) >= 11 is 0. The van der Waals surface area contributed by atoms with Gasteiger partial charge in [-0.3, -0.25) is 4.79 Å². The van der Waals surface area contributed by atoms with E-state index in [1.54, 1.807) is 0 Å². The maximum atomic E-state index is 11.6. The molecule has 1 unspecified atom stereocenters. The summed E-state index contributed by atoms with van der Waals surface area (Å²) in [5.41, 5.74) is 0. The smallest absolute Gasteiger partial charge is 0.323 e. The molecule has 2 aliphatic rings. The molecule has 0 aromatic rings. The van der Waals surface area contributed by atoms with Gasteiger partial charge in [-0.1, -0.05) is 19.3 Å². The molecule has 3 nitrogen and oxygen atoms in total. The van der Waals surface area contributed by atoms with E-state index < -0.39 is 0 Å². The molecule has 1 aliphatic heterocycles. The largest absolute Gasteiger partial charge is 0.465 e. The van der Waals surface area contributed by atoms with Gasteiger partial charge in [-0.25, -0.2) is 0 Å². The first-order valence-corrected chi connectivity index (χ1v) is 6.24. The molecule has 0 amide bonds. The minimum Gasteiger partial charge on any atom is -0.465 e. The van der Waals surface area contributed by atoms with Crippen LogP contribution < -0.4 is 5.32 Å². The molecule has 0 aromatic carbocycles. The number of nitrogens with one attached hydrogen (secondary N) is 1. The standard InChI is InChI=1S/C12H21NO2/c1-2-15-12(14)11-8-9-6-4-3-5-7-10(9)13-11/h9-11,13H,2-8H2,1H3/t9-,10-,11?/m1/s1. The summed E-state index contributed by atoms with van der Waals surface area (Å²) < 4.78 is 5.06. The van der Waals surface area contributed by atoms with Crippen LogP contribution >= 0.6 is 0 Å². The van der Waals surface area contributed by atoms with Crippen LogP contribution in [0, 0.1) is 5.92 Å². The fourth-order valence-electron chi connectivity index (χ4n) is 2.92. The predicted octanol–water partition coefficient (Wildman–Crippen LogP) is 1.86. The molecular formula is C12H21NO2. The molecule has 1 aliphatic carbocycles. The third-order valence-electron chi connectivity index (χ3n) is 3.68. The van der Waals surface area contributed by atoms with Crippen LogP contribution in [0.25, 0.3) is 0 Å². The summed E-state index contributed by atoms with van der Waals surface area (Å²) in [5, 5.41) is 3.44. The summed E-state index contributed by atoms with van der Waals surface area (Å²) in [6, 6.07) is 0.542. The topological polar surface area (TPSA) is 38.3 Å². The van der Waals surface area contributed by atoms with Crippen LogP contribution in [0.3, 0.4) is 0 Å². The molecule has 1 saturated heterocycles. The fourth-order valence-corrected chi connectivity index (χ4v) is 2.92. The van der Waals surface area contributed by atoms with E-state index in [-0.39, 0.29) is 12.0 Å². The minimum atomic E-state index is -0.0504. The Labute approximate surface area is 91.6 Å². The third kappa shape index (κ3) is 2.51. The number of esters is 1. The summed E-state index contributed by atoms with van der Waals surface area (Å²) in [7, 11) is 0. The van der Waals surface area contributed by atoms with Gasteiger partial charge in [0.25, 0.3) is 0 Å². The Morgan fingerprint density at radius 2 is 2.13 bits per heavy atom. The van der Waals surface area contributed by atoms with Gasteiger partial charge < -0.3 is 10.1 Å². The lowest BCUT2D eigenvalue weighted by atomic mass is 9.94. The molecule has 3 atom stereocenters. The van der Waals surface area contributed by atoms with E-state index in [0.717, 1.165) is 6.42 Å². The maximum absolute atomic E-state index is 11.6. The summed E-state index contributed by atoms with van der Waals surface area (Å²) in [4.78, 5) is 11.6. The van der Waals surface area contributed by atoms with E-state index in [9.17, 15) is 4.79 Å². The van der Waals surface area contributed by atoms with Crippen LogP contribution in [0.5, 0.6) is 0 Å². The van der Waals surface area contributed by atoms with Crippen LogP contribution in [-0.4, -0.2) is 24.7 Å². The highest BCUT2D eigenvalue weighted by atomic mass is 16.5. The van der Waals surface area contributed by atoms with Gasteiger partial charge in [-0.2, -0.15) is 0 Å². The zero-order chi connectivity index (χ0) is 10.7. The molecule has 2 fully saturated rings. The second-order valence-electron chi connectivity index (χ2n) is 4.71. The lowest BCUT2D eigenvalue weighted by Gasteiger charge is -2.14. The second kappa shape index (κ2) is 4.97. The van der Waals surface area contributed by atoms with Crippen LogP contribution in [0.2, 0.25) is 0 Å². The van der Waals surface area contributed by atoms with Crippen molar-refractivity contribution in [3.8, 4) is 0 Å². The van der Waals surface area contributed by atoms with Gasteiger partial charge in [-0.15, -0.1) is 0 Å². The third-order valence-corrected chi connectivity index (χ3v) is 3.68. The van der Waals surface area contributed by atoms with E-state index >= 15 is 0 Å². The number of hydrogen-bond acceptors (Lipinski definition) is 3. The molecule has 2 rings (SSSR count). The highest BCUT2D eigenvalue weighted by Crippen LogP contribution is 2.32. The summed E-state index contributed by atoms with van der Waals surface area (Å²) in [6.45, 7) is 2.36. The normalized spacial score (nSPS) is 35.7. The molecule has 0 spiro atoms. The Balaban J connectivity index is 1.90. The first-order chi connectivity index (χ1) is 7.31. The first kappa shape index (κ1) is 10.9. The van der Waals surface area contributed by atoms with E-state index in [2.05, 4.69) is 5.32 Å². The molecule has 1 N–H and O–H groups in total. The number of carbonyl (C=O) groups is 1. The lowest BCUT2D eigenvalue weighted by molar-refractivity contribution is -0.145. The molecule has 1 heterocycles. The zero-order valence-electron chi connectivity index (χ0n) is 9.50. The highest BCUT2D eigenvalue weighted by Gasteiger charge is 2.37. The second-order valence-corrected chi connectivity index (χ2v) is 4.71. The molecule has 15 heavy (non-hydrogen) atoms. The van der Waals surface area contributed by atoms with Crippen molar-refractivity contribution in [1.82, 2.24) is 5.32 Å². The Morgan fingerprint density at radius 3 is 2.93 bits per heavy atom. The number of rotatable bonds is 2. The van der Waals surface area contributed by atoms with Gasteiger partial charge in [0.2, 0.25) is 0 Å². The van der Waals surface area contributed by atoms with Gasteiger partial charge in [-0.05, 0) is 32.1 Å². The monoisotopic (exact) mass is 211 g/mol. The summed E-state index contributed by atoms with van der Waals surface area (Å²) in [6.07, 6.45) is 7.51. The highest BCUT2D eigenvalue weighted by molar-refractivity contribution is 5.76. The van der Waals surface area contributed by atoms with E-state index in [4.69, 9.17) is 4.74 Å². The van der Waals surface area contributed by atoms with Gasteiger partial charge in [0.1, 0.15) is 6.04 Å². The first-order valence-electron chi connectivity index (χ1n) is 6.24.